The van der Waals surface area contributed by atoms with Crippen molar-refractivity contribution in [1.82, 2.24) is 16.0 Å². The molecule has 0 aromatic rings. The Kier molecular flexibility index (Phi) is 3.86. The molecule has 2 aliphatic carbocycles. The van der Waals surface area contributed by atoms with Gasteiger partial charge in [0.15, 0.2) is 5.96 Å². The van der Waals surface area contributed by atoms with E-state index in [0.29, 0.717) is 12.1 Å². The monoisotopic (exact) mass is 238 g/mol. The molecule has 0 aromatic heterocycles. The topological polar surface area (TPSA) is 65.5 Å². The number of hydrogen-bond acceptors (Lipinski definition) is 2. The van der Waals surface area contributed by atoms with Crippen molar-refractivity contribution >= 4 is 11.9 Å². The maximum absolute atomic E-state index is 11.5. The lowest BCUT2D eigenvalue weighted by Gasteiger charge is -2.10. The van der Waals surface area contributed by atoms with E-state index < -0.39 is 0 Å². The Morgan fingerprint density at radius 2 is 2.06 bits per heavy atom. The first kappa shape index (κ1) is 12.2. The minimum atomic E-state index is 0.0218. The minimum absolute atomic E-state index is 0.0218. The summed E-state index contributed by atoms with van der Waals surface area (Å²) in [4.78, 5) is 15.8. The molecule has 2 unspecified atom stereocenters. The first-order valence-corrected chi connectivity index (χ1v) is 6.53. The predicted octanol–water partition coefficient (Wildman–Crippen LogP) is 0.229. The fourth-order valence-corrected chi connectivity index (χ4v) is 1.67. The van der Waals surface area contributed by atoms with E-state index in [-0.39, 0.29) is 12.5 Å². The second-order valence-electron chi connectivity index (χ2n) is 5.00. The summed E-state index contributed by atoms with van der Waals surface area (Å²) in [5.41, 5.74) is 0. The van der Waals surface area contributed by atoms with Crippen molar-refractivity contribution in [2.75, 3.05) is 13.1 Å². The number of hydrogen-bond donors (Lipinski definition) is 3. The largest absolute Gasteiger partial charge is 0.357 e. The van der Waals surface area contributed by atoms with Gasteiger partial charge < -0.3 is 16.0 Å². The highest BCUT2D eigenvalue weighted by Gasteiger charge is 2.33. The highest BCUT2D eigenvalue weighted by atomic mass is 16.2. The number of carbonyl (C=O) groups is 1. The molecule has 2 saturated carbocycles. The molecule has 5 nitrogen and oxygen atoms in total. The lowest BCUT2D eigenvalue weighted by molar-refractivity contribution is -0.119. The molecule has 0 spiro atoms. The quantitative estimate of drug-likeness (QED) is 0.474. The van der Waals surface area contributed by atoms with Gasteiger partial charge in [-0.3, -0.25) is 4.79 Å². The van der Waals surface area contributed by atoms with Gasteiger partial charge in [0.05, 0.1) is 0 Å². The molecular formula is C12H22N4O. The summed E-state index contributed by atoms with van der Waals surface area (Å²) in [6.45, 7) is 5.27. The van der Waals surface area contributed by atoms with Crippen LogP contribution in [0.1, 0.15) is 33.1 Å². The zero-order valence-corrected chi connectivity index (χ0v) is 10.6. The average molecular weight is 238 g/mol. The van der Waals surface area contributed by atoms with Gasteiger partial charge in [-0.2, -0.15) is 0 Å². The molecule has 96 valence electrons. The summed E-state index contributed by atoms with van der Waals surface area (Å²) in [5.74, 6) is 1.50. The van der Waals surface area contributed by atoms with E-state index in [1.807, 2.05) is 6.92 Å². The molecular weight excluding hydrogens is 216 g/mol. The van der Waals surface area contributed by atoms with Crippen LogP contribution in [0.5, 0.6) is 0 Å². The molecule has 17 heavy (non-hydrogen) atoms. The van der Waals surface area contributed by atoms with Crippen molar-refractivity contribution < 1.29 is 4.79 Å². The fraction of sp³-hybridized carbons (Fsp3) is 0.833. The molecule has 2 aliphatic rings. The van der Waals surface area contributed by atoms with Crippen molar-refractivity contribution in [1.29, 1.82) is 0 Å². The Morgan fingerprint density at radius 3 is 2.59 bits per heavy atom. The Hall–Kier alpha value is -1.26. The molecule has 5 heteroatoms. The van der Waals surface area contributed by atoms with Gasteiger partial charge >= 0.3 is 0 Å². The van der Waals surface area contributed by atoms with E-state index in [2.05, 4.69) is 27.9 Å². The minimum Gasteiger partial charge on any atom is -0.357 e. The second-order valence-corrected chi connectivity index (χ2v) is 5.00. The first-order chi connectivity index (χ1) is 8.19. The Labute approximate surface area is 102 Å². The summed E-state index contributed by atoms with van der Waals surface area (Å²) >= 11 is 0. The molecule has 0 heterocycles. The number of amides is 1. The van der Waals surface area contributed by atoms with E-state index in [9.17, 15) is 4.79 Å². The van der Waals surface area contributed by atoms with E-state index in [4.69, 9.17) is 0 Å². The Balaban J connectivity index is 1.74. The van der Waals surface area contributed by atoms with Crippen LogP contribution in [0.25, 0.3) is 0 Å². The summed E-state index contributed by atoms with van der Waals surface area (Å²) in [6.07, 6.45) is 3.43. The fourth-order valence-electron chi connectivity index (χ4n) is 1.67. The van der Waals surface area contributed by atoms with Crippen molar-refractivity contribution in [2.24, 2.45) is 10.9 Å². The van der Waals surface area contributed by atoms with Crippen molar-refractivity contribution in [2.45, 2.75) is 45.2 Å². The molecule has 2 atom stereocenters. The maximum Gasteiger partial charge on any atom is 0.242 e. The van der Waals surface area contributed by atoms with Crippen LogP contribution >= 0.6 is 0 Å². The Morgan fingerprint density at radius 1 is 1.35 bits per heavy atom. The van der Waals surface area contributed by atoms with Gasteiger partial charge in [-0.15, -0.1) is 0 Å². The highest BCUT2D eigenvalue weighted by molar-refractivity contribution is 5.85. The molecule has 2 rings (SSSR count). The number of carbonyl (C=O) groups excluding carboxylic acids is 1. The summed E-state index contributed by atoms with van der Waals surface area (Å²) in [7, 11) is 0. The van der Waals surface area contributed by atoms with Crippen molar-refractivity contribution in [3.63, 3.8) is 0 Å². The third-order valence-corrected chi connectivity index (χ3v) is 3.10. The van der Waals surface area contributed by atoms with E-state index >= 15 is 0 Å². The van der Waals surface area contributed by atoms with Crippen LogP contribution in [0.2, 0.25) is 0 Å². The van der Waals surface area contributed by atoms with Gasteiger partial charge in [-0.25, -0.2) is 4.99 Å². The van der Waals surface area contributed by atoms with Gasteiger partial charge in [0.1, 0.15) is 6.54 Å². The standard InChI is InChI=1S/C12H22N4O/c1-3-13-12(16-10-6-8(10)2)14-7-11(17)15-9-4-5-9/h8-10H,3-7H2,1-2H3,(H,15,17)(H2,13,14,16). The number of nitrogens with one attached hydrogen (secondary N) is 3. The molecule has 0 saturated heterocycles. The van der Waals surface area contributed by atoms with Crippen LogP contribution in [-0.4, -0.2) is 37.0 Å². The summed E-state index contributed by atoms with van der Waals surface area (Å²) in [6, 6.07) is 0.941. The number of guanidine groups is 1. The van der Waals surface area contributed by atoms with Crippen LogP contribution < -0.4 is 16.0 Å². The van der Waals surface area contributed by atoms with Crippen molar-refractivity contribution in [3.05, 3.63) is 0 Å². The molecule has 0 aromatic carbocycles. The molecule has 0 aliphatic heterocycles. The van der Waals surface area contributed by atoms with Crippen LogP contribution in [0, 0.1) is 5.92 Å². The van der Waals surface area contributed by atoms with E-state index in [1.165, 1.54) is 6.42 Å². The smallest absolute Gasteiger partial charge is 0.242 e. The molecule has 0 bridgehead atoms. The number of nitrogens with zero attached hydrogens (tertiary/aromatic N) is 1. The predicted molar refractivity (Wildman–Crippen MR) is 67.8 cm³/mol. The summed E-state index contributed by atoms with van der Waals surface area (Å²) < 4.78 is 0. The van der Waals surface area contributed by atoms with Crippen LogP contribution in [0.3, 0.4) is 0 Å². The second kappa shape index (κ2) is 5.38. The maximum atomic E-state index is 11.5. The zero-order chi connectivity index (χ0) is 12.3. The van der Waals surface area contributed by atoms with Crippen LogP contribution in [-0.2, 0) is 4.79 Å². The normalized spacial score (nSPS) is 27.5. The molecule has 1 amide bonds. The Bertz CT molecular complexity index is 312. The summed E-state index contributed by atoms with van der Waals surface area (Å²) in [5, 5.41) is 9.41. The average Bonchev–Trinajstić information content (AvgIpc) is 3.17. The number of aliphatic imine (C=N–C) groups is 1. The third-order valence-electron chi connectivity index (χ3n) is 3.10. The van der Waals surface area contributed by atoms with E-state index in [0.717, 1.165) is 31.3 Å². The number of rotatable bonds is 5. The van der Waals surface area contributed by atoms with Gasteiger partial charge in [-0.1, -0.05) is 6.92 Å². The first-order valence-electron chi connectivity index (χ1n) is 6.53. The highest BCUT2D eigenvalue weighted by Crippen LogP contribution is 2.28. The molecule has 3 N–H and O–H groups in total. The zero-order valence-electron chi connectivity index (χ0n) is 10.6. The van der Waals surface area contributed by atoms with Gasteiger partial charge in [-0.05, 0) is 32.1 Å². The lowest BCUT2D eigenvalue weighted by atomic mass is 10.5. The third kappa shape index (κ3) is 4.24. The van der Waals surface area contributed by atoms with Crippen molar-refractivity contribution in [3.8, 4) is 0 Å². The van der Waals surface area contributed by atoms with Gasteiger partial charge in [0.2, 0.25) is 5.91 Å². The van der Waals surface area contributed by atoms with Crippen LogP contribution in [0.4, 0.5) is 0 Å². The van der Waals surface area contributed by atoms with Gasteiger partial charge in [0.25, 0.3) is 0 Å². The molecule has 2 fully saturated rings. The SMILES string of the molecule is CCNC(=NCC(=O)NC1CC1)NC1CC1C. The van der Waals surface area contributed by atoms with E-state index in [1.54, 1.807) is 0 Å². The van der Waals surface area contributed by atoms with Gasteiger partial charge in [0, 0.05) is 18.6 Å². The molecule has 0 radical (unpaired) electrons. The van der Waals surface area contributed by atoms with Crippen LogP contribution in [0.15, 0.2) is 4.99 Å². The lowest BCUT2D eigenvalue weighted by Crippen LogP contribution is -2.40.